The molecule has 5 heteroatoms. The normalized spacial score (nSPS) is 10.8. The van der Waals surface area contributed by atoms with E-state index in [1.807, 2.05) is 30.3 Å². The van der Waals surface area contributed by atoms with Crippen molar-refractivity contribution in [3.63, 3.8) is 0 Å². The van der Waals surface area contributed by atoms with Gasteiger partial charge in [0.2, 0.25) is 0 Å². The maximum atomic E-state index is 12.5. The van der Waals surface area contributed by atoms with E-state index in [1.165, 1.54) is 7.05 Å². The van der Waals surface area contributed by atoms with Crippen molar-refractivity contribution >= 4 is 10.9 Å². The van der Waals surface area contributed by atoms with Gasteiger partial charge in [-0.15, -0.1) is 0 Å². The Bertz CT molecular complexity index is 954. The van der Waals surface area contributed by atoms with Crippen LogP contribution in [0.5, 0.6) is 5.75 Å². The number of para-hydroxylation sites is 1. The second-order valence-electron chi connectivity index (χ2n) is 5.10. The largest absolute Gasteiger partial charge is 0.497 e. The second kappa shape index (κ2) is 5.52. The van der Waals surface area contributed by atoms with E-state index in [0.717, 1.165) is 15.9 Å². The number of ether oxygens (including phenoxy) is 1. The standard InChI is InChI=1S/C17H16N2O3/c1-18-16(20)14-8-3-4-9-15(14)19(17(18)21)11-12-6-5-7-13(10-12)22-2/h3-10H,11H2,1-2H3. The molecule has 0 aliphatic rings. The fraction of sp³-hybridized carbons (Fsp3) is 0.176. The van der Waals surface area contributed by atoms with E-state index < -0.39 is 0 Å². The number of hydrogen-bond acceptors (Lipinski definition) is 3. The molecule has 0 unspecified atom stereocenters. The molecule has 0 amide bonds. The number of hydrogen-bond donors (Lipinski definition) is 0. The Hall–Kier alpha value is -2.82. The van der Waals surface area contributed by atoms with E-state index >= 15 is 0 Å². The molecular weight excluding hydrogens is 280 g/mol. The fourth-order valence-corrected chi connectivity index (χ4v) is 2.55. The number of fused-ring (bicyclic) bond motifs is 1. The molecular formula is C17H16N2O3. The smallest absolute Gasteiger partial charge is 0.331 e. The van der Waals surface area contributed by atoms with Gasteiger partial charge >= 0.3 is 5.69 Å². The maximum absolute atomic E-state index is 12.5. The summed E-state index contributed by atoms with van der Waals surface area (Å²) >= 11 is 0. The van der Waals surface area contributed by atoms with Crippen LogP contribution in [-0.2, 0) is 13.6 Å². The highest BCUT2D eigenvalue weighted by Crippen LogP contribution is 2.15. The first kappa shape index (κ1) is 14.1. The number of methoxy groups -OCH3 is 1. The third kappa shape index (κ3) is 2.30. The third-order valence-electron chi connectivity index (χ3n) is 3.72. The lowest BCUT2D eigenvalue weighted by molar-refractivity contribution is 0.414. The predicted molar refractivity (Wildman–Crippen MR) is 85.5 cm³/mol. The summed E-state index contributed by atoms with van der Waals surface area (Å²) in [6.07, 6.45) is 0. The summed E-state index contributed by atoms with van der Waals surface area (Å²) in [4.78, 5) is 24.6. The SMILES string of the molecule is COc1cccc(Cn2c(=O)n(C)c(=O)c3ccccc32)c1. The highest BCUT2D eigenvalue weighted by Gasteiger charge is 2.10. The first-order valence-electron chi connectivity index (χ1n) is 6.93. The molecule has 112 valence electrons. The Morgan fingerprint density at radius 1 is 1.05 bits per heavy atom. The number of rotatable bonds is 3. The molecule has 2 aromatic carbocycles. The van der Waals surface area contributed by atoms with Crippen LogP contribution in [-0.4, -0.2) is 16.2 Å². The first-order valence-corrected chi connectivity index (χ1v) is 6.93. The molecule has 0 aliphatic heterocycles. The summed E-state index contributed by atoms with van der Waals surface area (Å²) in [6, 6.07) is 14.7. The summed E-state index contributed by atoms with van der Waals surface area (Å²) in [5.41, 5.74) is 0.970. The zero-order valence-corrected chi connectivity index (χ0v) is 12.4. The van der Waals surface area contributed by atoms with Gasteiger partial charge in [0.25, 0.3) is 5.56 Å². The van der Waals surface area contributed by atoms with Gasteiger partial charge in [0.1, 0.15) is 5.75 Å². The first-order chi connectivity index (χ1) is 10.6. The Kier molecular flexibility index (Phi) is 3.55. The third-order valence-corrected chi connectivity index (χ3v) is 3.72. The molecule has 3 rings (SSSR count). The lowest BCUT2D eigenvalue weighted by Gasteiger charge is -2.12. The van der Waals surface area contributed by atoms with Crippen LogP contribution in [0.15, 0.2) is 58.1 Å². The van der Waals surface area contributed by atoms with Crippen molar-refractivity contribution < 1.29 is 4.74 Å². The molecule has 0 saturated heterocycles. The quantitative estimate of drug-likeness (QED) is 0.740. The van der Waals surface area contributed by atoms with E-state index in [2.05, 4.69) is 0 Å². The molecule has 1 aromatic heterocycles. The number of nitrogens with zero attached hydrogens (tertiary/aromatic N) is 2. The van der Waals surface area contributed by atoms with Crippen molar-refractivity contribution in [1.29, 1.82) is 0 Å². The van der Waals surface area contributed by atoms with Gasteiger partial charge in [0.15, 0.2) is 0 Å². The second-order valence-corrected chi connectivity index (χ2v) is 5.10. The molecule has 0 aliphatic carbocycles. The van der Waals surface area contributed by atoms with Crippen LogP contribution < -0.4 is 16.0 Å². The van der Waals surface area contributed by atoms with Gasteiger partial charge in [-0.3, -0.25) is 13.9 Å². The summed E-state index contributed by atoms with van der Waals surface area (Å²) in [6.45, 7) is 0.380. The molecule has 3 aromatic rings. The maximum Gasteiger partial charge on any atom is 0.331 e. The van der Waals surface area contributed by atoms with Gasteiger partial charge in [-0.05, 0) is 29.8 Å². The number of aromatic nitrogens is 2. The Morgan fingerprint density at radius 3 is 2.59 bits per heavy atom. The molecule has 0 spiro atoms. The highest BCUT2D eigenvalue weighted by molar-refractivity contribution is 5.77. The monoisotopic (exact) mass is 296 g/mol. The molecule has 0 N–H and O–H groups in total. The van der Waals surface area contributed by atoms with Gasteiger partial charge in [-0.25, -0.2) is 4.79 Å². The van der Waals surface area contributed by atoms with Crippen LogP contribution >= 0.6 is 0 Å². The van der Waals surface area contributed by atoms with Gasteiger partial charge in [0, 0.05) is 7.05 Å². The average molecular weight is 296 g/mol. The molecule has 0 saturated carbocycles. The van der Waals surface area contributed by atoms with Crippen LogP contribution in [0.25, 0.3) is 10.9 Å². The summed E-state index contributed by atoms with van der Waals surface area (Å²) in [7, 11) is 3.10. The summed E-state index contributed by atoms with van der Waals surface area (Å²) < 4.78 is 7.95. The van der Waals surface area contributed by atoms with E-state index in [4.69, 9.17) is 4.74 Å². The Labute approximate surface area is 127 Å². The van der Waals surface area contributed by atoms with Crippen molar-refractivity contribution in [2.45, 2.75) is 6.54 Å². The molecule has 22 heavy (non-hydrogen) atoms. The van der Waals surface area contributed by atoms with Crippen LogP contribution in [0.3, 0.4) is 0 Å². The molecule has 1 heterocycles. The minimum Gasteiger partial charge on any atom is -0.497 e. The molecule has 5 nitrogen and oxygen atoms in total. The molecule has 0 bridgehead atoms. The van der Waals surface area contributed by atoms with Gasteiger partial charge in [-0.2, -0.15) is 0 Å². The van der Waals surface area contributed by atoms with Crippen molar-refractivity contribution in [2.24, 2.45) is 7.05 Å². The van der Waals surface area contributed by atoms with Gasteiger partial charge in [-0.1, -0.05) is 24.3 Å². The Morgan fingerprint density at radius 2 is 1.82 bits per heavy atom. The van der Waals surface area contributed by atoms with E-state index in [-0.39, 0.29) is 11.2 Å². The van der Waals surface area contributed by atoms with Crippen LogP contribution in [0.1, 0.15) is 5.56 Å². The number of benzene rings is 2. The molecule has 0 atom stereocenters. The lowest BCUT2D eigenvalue weighted by atomic mass is 10.2. The van der Waals surface area contributed by atoms with Crippen molar-refractivity contribution in [3.05, 3.63) is 74.9 Å². The van der Waals surface area contributed by atoms with Crippen molar-refractivity contribution in [1.82, 2.24) is 9.13 Å². The molecule has 0 fully saturated rings. The van der Waals surface area contributed by atoms with E-state index in [0.29, 0.717) is 17.4 Å². The van der Waals surface area contributed by atoms with Crippen molar-refractivity contribution in [2.75, 3.05) is 7.11 Å². The summed E-state index contributed by atoms with van der Waals surface area (Å²) in [5, 5.41) is 0.535. The van der Waals surface area contributed by atoms with E-state index in [9.17, 15) is 9.59 Å². The fourth-order valence-electron chi connectivity index (χ4n) is 2.55. The predicted octanol–water partition coefficient (Wildman–Crippen LogP) is 1.76. The van der Waals surface area contributed by atoms with Gasteiger partial charge in [0.05, 0.1) is 24.6 Å². The van der Waals surface area contributed by atoms with Crippen molar-refractivity contribution in [3.8, 4) is 5.75 Å². The lowest BCUT2D eigenvalue weighted by Crippen LogP contribution is -2.38. The minimum atomic E-state index is -0.327. The van der Waals surface area contributed by atoms with Crippen LogP contribution in [0.4, 0.5) is 0 Å². The highest BCUT2D eigenvalue weighted by atomic mass is 16.5. The zero-order chi connectivity index (χ0) is 15.7. The van der Waals surface area contributed by atoms with Gasteiger partial charge < -0.3 is 4.74 Å². The topological polar surface area (TPSA) is 53.2 Å². The average Bonchev–Trinajstić information content (AvgIpc) is 2.57. The Balaban J connectivity index is 2.22. The van der Waals surface area contributed by atoms with E-state index in [1.54, 1.807) is 29.9 Å². The molecule has 0 radical (unpaired) electrons. The van der Waals surface area contributed by atoms with Crippen LogP contribution in [0.2, 0.25) is 0 Å². The zero-order valence-electron chi connectivity index (χ0n) is 12.4. The van der Waals surface area contributed by atoms with Crippen LogP contribution in [0, 0.1) is 0 Å². The summed E-state index contributed by atoms with van der Waals surface area (Å²) in [5.74, 6) is 0.736. The minimum absolute atomic E-state index is 0.275.